The van der Waals surface area contributed by atoms with E-state index in [-0.39, 0.29) is 0 Å². The van der Waals surface area contributed by atoms with Gasteiger partial charge in [-0.1, -0.05) is 0 Å². The number of nitrogens with one attached hydrogen (secondary N) is 1. The molecule has 0 aromatic carbocycles. The third-order valence-electron chi connectivity index (χ3n) is 2.23. The molecule has 0 amide bonds. The maximum atomic E-state index is 5.53. The van der Waals surface area contributed by atoms with Crippen molar-refractivity contribution in [3.05, 3.63) is 23.9 Å². The molecule has 0 spiro atoms. The van der Waals surface area contributed by atoms with E-state index in [0.29, 0.717) is 19.1 Å². The molecule has 16 heavy (non-hydrogen) atoms. The molecule has 1 aliphatic rings. The molecule has 1 aromatic rings. The molecule has 2 rings (SSSR count). The normalized spacial score (nSPS) is 14.4. The number of amidine groups is 1. The van der Waals surface area contributed by atoms with Gasteiger partial charge in [-0.3, -0.25) is 4.99 Å². The molecular formula is C11H15N3O2. The van der Waals surface area contributed by atoms with Crippen LogP contribution in [0, 0.1) is 0 Å². The van der Waals surface area contributed by atoms with Crippen LogP contribution in [-0.2, 0) is 4.74 Å². The lowest BCUT2D eigenvalue weighted by Gasteiger charge is -2.09. The van der Waals surface area contributed by atoms with Crippen molar-refractivity contribution >= 4 is 5.84 Å². The first kappa shape index (κ1) is 10.9. The van der Waals surface area contributed by atoms with E-state index in [1.54, 1.807) is 13.3 Å². The minimum Gasteiger partial charge on any atom is -0.475 e. The van der Waals surface area contributed by atoms with Gasteiger partial charge in [-0.15, -0.1) is 0 Å². The lowest BCUT2D eigenvalue weighted by molar-refractivity contribution is 0.143. The van der Waals surface area contributed by atoms with Crippen LogP contribution in [0.25, 0.3) is 0 Å². The molecule has 0 aliphatic carbocycles. The number of aliphatic imine (C=N–C) groups is 1. The summed E-state index contributed by atoms with van der Waals surface area (Å²) in [6.07, 6.45) is 1.71. The number of ether oxygens (including phenoxy) is 2. The van der Waals surface area contributed by atoms with Gasteiger partial charge in [-0.2, -0.15) is 0 Å². The van der Waals surface area contributed by atoms with Crippen molar-refractivity contribution < 1.29 is 9.47 Å². The third kappa shape index (κ3) is 2.49. The van der Waals surface area contributed by atoms with Crippen LogP contribution in [0.1, 0.15) is 5.56 Å². The van der Waals surface area contributed by atoms with E-state index in [2.05, 4.69) is 15.3 Å². The Balaban J connectivity index is 2.10. The van der Waals surface area contributed by atoms with Crippen molar-refractivity contribution in [2.75, 3.05) is 33.4 Å². The Kier molecular flexibility index (Phi) is 3.71. The van der Waals surface area contributed by atoms with Crippen LogP contribution in [0.3, 0.4) is 0 Å². The van der Waals surface area contributed by atoms with Gasteiger partial charge >= 0.3 is 0 Å². The first-order valence-corrected chi connectivity index (χ1v) is 5.27. The van der Waals surface area contributed by atoms with Crippen molar-refractivity contribution in [3.8, 4) is 5.88 Å². The molecule has 0 atom stereocenters. The van der Waals surface area contributed by atoms with E-state index < -0.39 is 0 Å². The summed E-state index contributed by atoms with van der Waals surface area (Å²) in [5.41, 5.74) is 0.913. The summed E-state index contributed by atoms with van der Waals surface area (Å²) in [6.45, 7) is 2.73. The Hall–Kier alpha value is -1.62. The van der Waals surface area contributed by atoms with Crippen molar-refractivity contribution in [3.63, 3.8) is 0 Å². The third-order valence-corrected chi connectivity index (χ3v) is 2.23. The summed E-state index contributed by atoms with van der Waals surface area (Å²) in [4.78, 5) is 8.55. The topological polar surface area (TPSA) is 55.7 Å². The van der Waals surface area contributed by atoms with E-state index in [1.807, 2.05) is 12.1 Å². The van der Waals surface area contributed by atoms with Crippen molar-refractivity contribution in [2.45, 2.75) is 0 Å². The number of aromatic nitrogens is 1. The number of hydrogen-bond donors (Lipinski definition) is 1. The number of methoxy groups -OCH3 is 1. The van der Waals surface area contributed by atoms with E-state index >= 15 is 0 Å². The summed E-state index contributed by atoms with van der Waals surface area (Å²) in [5.74, 6) is 1.47. The highest BCUT2D eigenvalue weighted by atomic mass is 16.5. The number of nitrogens with zero attached hydrogens (tertiary/aromatic N) is 2. The molecule has 1 aliphatic heterocycles. The van der Waals surface area contributed by atoms with E-state index in [1.165, 1.54) is 0 Å². The molecule has 1 aromatic heterocycles. The molecule has 0 radical (unpaired) electrons. The van der Waals surface area contributed by atoms with Crippen LogP contribution >= 0.6 is 0 Å². The maximum absolute atomic E-state index is 5.53. The molecule has 0 saturated heterocycles. The molecule has 1 N–H and O–H groups in total. The Morgan fingerprint density at radius 1 is 1.44 bits per heavy atom. The predicted molar refractivity (Wildman–Crippen MR) is 61.0 cm³/mol. The van der Waals surface area contributed by atoms with Crippen molar-refractivity contribution in [1.82, 2.24) is 10.3 Å². The molecule has 0 saturated carbocycles. The van der Waals surface area contributed by atoms with Gasteiger partial charge in [-0.25, -0.2) is 4.98 Å². The number of pyridine rings is 1. The highest BCUT2D eigenvalue weighted by molar-refractivity contribution is 6.01. The standard InChI is InChI=1S/C11H15N3O2/c1-15-7-8-16-11-9(3-2-4-14-11)10-12-5-6-13-10/h2-4H,5-8H2,1H3,(H,12,13). The monoisotopic (exact) mass is 221 g/mol. The zero-order valence-corrected chi connectivity index (χ0v) is 9.27. The summed E-state index contributed by atoms with van der Waals surface area (Å²) >= 11 is 0. The highest BCUT2D eigenvalue weighted by Crippen LogP contribution is 2.15. The van der Waals surface area contributed by atoms with Gasteiger partial charge in [0.2, 0.25) is 5.88 Å². The van der Waals surface area contributed by atoms with Gasteiger partial charge in [0.1, 0.15) is 12.4 Å². The Bertz CT molecular complexity index is 379. The first-order valence-electron chi connectivity index (χ1n) is 5.27. The van der Waals surface area contributed by atoms with E-state index in [4.69, 9.17) is 9.47 Å². The second kappa shape index (κ2) is 5.46. The lowest BCUT2D eigenvalue weighted by atomic mass is 10.2. The van der Waals surface area contributed by atoms with Gasteiger partial charge in [0, 0.05) is 19.9 Å². The van der Waals surface area contributed by atoms with Crippen molar-refractivity contribution in [1.29, 1.82) is 0 Å². The first-order chi connectivity index (χ1) is 7.92. The fourth-order valence-corrected chi connectivity index (χ4v) is 1.49. The van der Waals surface area contributed by atoms with Crippen LogP contribution in [0.2, 0.25) is 0 Å². The second-order valence-electron chi connectivity index (χ2n) is 3.35. The molecule has 86 valence electrons. The minimum absolute atomic E-state index is 0.494. The van der Waals surface area contributed by atoms with Gasteiger partial charge in [0.05, 0.1) is 18.7 Å². The highest BCUT2D eigenvalue weighted by Gasteiger charge is 2.13. The fourth-order valence-electron chi connectivity index (χ4n) is 1.49. The minimum atomic E-state index is 0.494. The predicted octanol–water partition coefficient (Wildman–Crippen LogP) is 0.457. The van der Waals surface area contributed by atoms with Crippen LogP contribution < -0.4 is 10.1 Å². The smallest absolute Gasteiger partial charge is 0.224 e. The summed E-state index contributed by atoms with van der Waals surface area (Å²) < 4.78 is 10.5. The second-order valence-corrected chi connectivity index (χ2v) is 3.35. The largest absolute Gasteiger partial charge is 0.475 e. The summed E-state index contributed by atoms with van der Waals surface area (Å²) in [7, 11) is 1.64. The Morgan fingerprint density at radius 2 is 2.38 bits per heavy atom. The van der Waals surface area contributed by atoms with Gasteiger partial charge in [-0.05, 0) is 12.1 Å². The zero-order valence-electron chi connectivity index (χ0n) is 9.27. The maximum Gasteiger partial charge on any atom is 0.224 e. The molecule has 0 bridgehead atoms. The van der Waals surface area contributed by atoms with E-state index in [0.717, 1.165) is 24.5 Å². The Morgan fingerprint density at radius 3 is 3.12 bits per heavy atom. The number of hydrogen-bond acceptors (Lipinski definition) is 5. The van der Waals surface area contributed by atoms with Crippen molar-refractivity contribution in [2.24, 2.45) is 4.99 Å². The van der Waals surface area contributed by atoms with Crippen LogP contribution in [-0.4, -0.2) is 44.2 Å². The fraction of sp³-hybridized carbons (Fsp3) is 0.455. The average Bonchev–Trinajstić information content (AvgIpc) is 2.83. The Labute approximate surface area is 94.5 Å². The van der Waals surface area contributed by atoms with Crippen LogP contribution in [0.15, 0.2) is 23.3 Å². The molecule has 5 heteroatoms. The van der Waals surface area contributed by atoms with Crippen LogP contribution in [0.4, 0.5) is 0 Å². The molecule has 2 heterocycles. The molecule has 0 unspecified atom stereocenters. The zero-order chi connectivity index (χ0) is 11.2. The average molecular weight is 221 g/mol. The molecule has 5 nitrogen and oxygen atoms in total. The molecule has 0 fully saturated rings. The van der Waals surface area contributed by atoms with Gasteiger partial charge < -0.3 is 14.8 Å². The molecular weight excluding hydrogens is 206 g/mol. The van der Waals surface area contributed by atoms with Crippen LogP contribution in [0.5, 0.6) is 5.88 Å². The quantitative estimate of drug-likeness (QED) is 0.734. The summed E-state index contributed by atoms with van der Waals surface area (Å²) in [5, 5.41) is 3.20. The van der Waals surface area contributed by atoms with E-state index in [9.17, 15) is 0 Å². The van der Waals surface area contributed by atoms with Gasteiger partial charge in [0.15, 0.2) is 0 Å². The SMILES string of the molecule is COCCOc1ncccc1C1=NCCN1. The van der Waals surface area contributed by atoms with Gasteiger partial charge in [0.25, 0.3) is 0 Å². The summed E-state index contributed by atoms with van der Waals surface area (Å²) in [6, 6.07) is 3.83. The number of rotatable bonds is 5. The lowest BCUT2D eigenvalue weighted by Crippen LogP contribution is -2.21.